The zero-order chi connectivity index (χ0) is 20.1. The van der Waals surface area contributed by atoms with Crippen LogP contribution in [0.25, 0.3) is 0 Å². The molecule has 0 fully saturated rings. The summed E-state index contributed by atoms with van der Waals surface area (Å²) in [6.07, 6.45) is 9.80. The maximum absolute atomic E-state index is 12.4. The van der Waals surface area contributed by atoms with Crippen molar-refractivity contribution in [3.8, 4) is 0 Å². The van der Waals surface area contributed by atoms with Gasteiger partial charge >= 0.3 is 11.9 Å². The summed E-state index contributed by atoms with van der Waals surface area (Å²) in [4.78, 5) is 24.7. The minimum absolute atomic E-state index is 0.0630. The fourth-order valence-electron chi connectivity index (χ4n) is 2.95. The molecule has 1 aromatic rings. The van der Waals surface area contributed by atoms with Crippen molar-refractivity contribution in [1.82, 2.24) is 0 Å². The molecule has 27 heavy (non-hydrogen) atoms. The zero-order valence-corrected chi connectivity index (χ0v) is 17.4. The van der Waals surface area contributed by atoms with Gasteiger partial charge in [0.25, 0.3) is 0 Å². The van der Waals surface area contributed by atoms with Crippen LogP contribution in [0.3, 0.4) is 0 Å². The third-order valence-corrected chi connectivity index (χ3v) is 5.06. The second-order valence-electron chi connectivity index (χ2n) is 7.19. The van der Waals surface area contributed by atoms with Crippen LogP contribution in [0.5, 0.6) is 0 Å². The maximum Gasteiger partial charge on any atom is 0.375 e. The number of hydrogen-bond donors (Lipinski definition) is 0. The average molecular weight is 381 g/mol. The van der Waals surface area contributed by atoms with Gasteiger partial charge in [-0.15, -0.1) is 0 Å². The highest BCUT2D eigenvalue weighted by Crippen LogP contribution is 2.18. The number of furan rings is 1. The van der Waals surface area contributed by atoms with Gasteiger partial charge in [0.1, 0.15) is 5.56 Å². The number of carbonyl (C=O) groups is 2. The van der Waals surface area contributed by atoms with Gasteiger partial charge in [-0.1, -0.05) is 66.2 Å². The van der Waals surface area contributed by atoms with Crippen molar-refractivity contribution in [2.75, 3.05) is 13.2 Å². The summed E-state index contributed by atoms with van der Waals surface area (Å²) in [5.41, 5.74) is 0.145. The van der Waals surface area contributed by atoms with Gasteiger partial charge in [0.05, 0.1) is 19.5 Å². The lowest BCUT2D eigenvalue weighted by molar-refractivity contribution is 0.0355. The van der Waals surface area contributed by atoms with Crippen LogP contribution in [-0.4, -0.2) is 25.2 Å². The highest BCUT2D eigenvalue weighted by Gasteiger charge is 2.24. The lowest BCUT2D eigenvalue weighted by Crippen LogP contribution is -2.18. The first-order chi connectivity index (χ1) is 13.1. The van der Waals surface area contributed by atoms with Gasteiger partial charge in [-0.25, -0.2) is 9.59 Å². The van der Waals surface area contributed by atoms with E-state index in [-0.39, 0.29) is 11.3 Å². The molecule has 2 atom stereocenters. The molecule has 0 amide bonds. The Kier molecular flexibility index (Phi) is 11.5. The predicted molar refractivity (Wildman–Crippen MR) is 106 cm³/mol. The molecule has 0 aromatic carbocycles. The molecule has 1 heterocycles. The number of ether oxygens (including phenoxy) is 2. The minimum atomic E-state index is -0.597. The van der Waals surface area contributed by atoms with E-state index in [0.29, 0.717) is 25.0 Å². The smallest absolute Gasteiger partial charge is 0.375 e. The van der Waals surface area contributed by atoms with E-state index < -0.39 is 11.9 Å². The first-order valence-corrected chi connectivity index (χ1v) is 10.5. The van der Waals surface area contributed by atoms with Crippen molar-refractivity contribution in [3.05, 3.63) is 23.7 Å². The van der Waals surface area contributed by atoms with E-state index in [0.717, 1.165) is 51.4 Å². The Morgan fingerprint density at radius 1 is 0.889 bits per heavy atom. The van der Waals surface area contributed by atoms with Crippen LogP contribution >= 0.6 is 0 Å². The fraction of sp³-hybridized carbons (Fsp3) is 0.727. The molecular weight excluding hydrogens is 344 g/mol. The SMILES string of the molecule is CCCC[C@H](CC)COC(=O)c1ccoc1C(=O)OC[C@@H](CC)CCCC. The monoisotopic (exact) mass is 380 g/mol. The third-order valence-electron chi connectivity index (χ3n) is 5.06. The zero-order valence-electron chi connectivity index (χ0n) is 17.4. The Hall–Kier alpha value is -1.78. The van der Waals surface area contributed by atoms with E-state index in [1.54, 1.807) is 0 Å². The van der Waals surface area contributed by atoms with E-state index in [4.69, 9.17) is 13.9 Å². The van der Waals surface area contributed by atoms with Crippen LogP contribution in [0.2, 0.25) is 0 Å². The molecule has 0 aliphatic rings. The Morgan fingerprint density at radius 3 is 1.89 bits per heavy atom. The predicted octanol–water partition coefficient (Wildman–Crippen LogP) is 6.03. The van der Waals surface area contributed by atoms with E-state index in [1.807, 2.05) is 0 Å². The number of esters is 2. The van der Waals surface area contributed by atoms with Crippen LogP contribution in [-0.2, 0) is 9.47 Å². The molecule has 0 saturated carbocycles. The normalized spacial score (nSPS) is 13.2. The lowest BCUT2D eigenvalue weighted by atomic mass is 10.0. The van der Waals surface area contributed by atoms with Crippen molar-refractivity contribution in [3.63, 3.8) is 0 Å². The maximum atomic E-state index is 12.4. The third kappa shape index (κ3) is 8.19. The highest BCUT2D eigenvalue weighted by molar-refractivity contribution is 6.01. The molecule has 0 radical (unpaired) electrons. The summed E-state index contributed by atoms with van der Waals surface area (Å²) in [5.74, 6) is -0.501. The van der Waals surface area contributed by atoms with Crippen LogP contribution in [0, 0.1) is 11.8 Å². The van der Waals surface area contributed by atoms with Gasteiger partial charge in [0, 0.05) is 0 Å². The summed E-state index contributed by atoms with van der Waals surface area (Å²) in [5, 5.41) is 0. The van der Waals surface area contributed by atoms with Crippen LogP contribution in [0.4, 0.5) is 0 Å². The molecular formula is C22H36O5. The number of hydrogen-bond acceptors (Lipinski definition) is 5. The number of carbonyl (C=O) groups excluding carboxylic acids is 2. The van der Waals surface area contributed by atoms with Gasteiger partial charge in [-0.3, -0.25) is 0 Å². The first-order valence-electron chi connectivity index (χ1n) is 10.5. The van der Waals surface area contributed by atoms with Gasteiger partial charge in [-0.2, -0.15) is 0 Å². The van der Waals surface area contributed by atoms with Crippen molar-refractivity contribution in [2.45, 2.75) is 79.1 Å². The van der Waals surface area contributed by atoms with E-state index >= 15 is 0 Å². The number of unbranched alkanes of at least 4 members (excludes halogenated alkanes) is 2. The largest absolute Gasteiger partial charge is 0.462 e. The second-order valence-corrected chi connectivity index (χ2v) is 7.19. The van der Waals surface area contributed by atoms with E-state index in [2.05, 4.69) is 27.7 Å². The summed E-state index contributed by atoms with van der Waals surface area (Å²) in [6, 6.07) is 1.47. The molecule has 1 aromatic heterocycles. The molecule has 0 unspecified atom stereocenters. The van der Waals surface area contributed by atoms with Gasteiger partial charge in [0.15, 0.2) is 0 Å². The summed E-state index contributed by atoms with van der Waals surface area (Å²) in [6.45, 7) is 9.19. The molecule has 5 heteroatoms. The van der Waals surface area contributed by atoms with Crippen molar-refractivity contribution in [1.29, 1.82) is 0 Å². The fourth-order valence-corrected chi connectivity index (χ4v) is 2.95. The van der Waals surface area contributed by atoms with Crippen LogP contribution < -0.4 is 0 Å². The van der Waals surface area contributed by atoms with E-state index in [1.165, 1.54) is 12.3 Å². The minimum Gasteiger partial charge on any atom is -0.462 e. The van der Waals surface area contributed by atoms with Gasteiger partial charge in [0.2, 0.25) is 5.76 Å². The molecule has 1 rings (SSSR count). The molecule has 0 bridgehead atoms. The van der Waals surface area contributed by atoms with Crippen molar-refractivity contribution < 1.29 is 23.5 Å². The summed E-state index contributed by atoms with van der Waals surface area (Å²) < 4.78 is 16.0. The topological polar surface area (TPSA) is 65.7 Å². The molecule has 0 aliphatic carbocycles. The molecule has 0 spiro atoms. The van der Waals surface area contributed by atoms with Crippen molar-refractivity contribution in [2.24, 2.45) is 11.8 Å². The molecule has 154 valence electrons. The molecule has 0 saturated heterocycles. The Bertz CT molecular complexity index is 502. The Morgan fingerprint density at radius 2 is 1.41 bits per heavy atom. The summed E-state index contributed by atoms with van der Waals surface area (Å²) >= 11 is 0. The average Bonchev–Trinajstić information content (AvgIpc) is 3.18. The van der Waals surface area contributed by atoms with E-state index in [9.17, 15) is 9.59 Å². The quantitative estimate of drug-likeness (QED) is 0.369. The van der Waals surface area contributed by atoms with Gasteiger partial charge in [-0.05, 0) is 30.7 Å². The first kappa shape index (κ1) is 23.3. The standard InChI is InChI=1S/C22H36O5/c1-5-9-11-17(7-3)15-26-21(23)19-13-14-25-20(19)22(24)27-16-18(8-4)12-10-6-2/h13-14,17-18H,5-12,15-16H2,1-4H3/t17-,18-/m0/s1. The summed E-state index contributed by atoms with van der Waals surface area (Å²) in [7, 11) is 0. The van der Waals surface area contributed by atoms with Crippen LogP contribution in [0.1, 0.15) is 100.0 Å². The highest BCUT2D eigenvalue weighted by atomic mass is 16.5. The number of rotatable bonds is 14. The Labute approximate surface area is 163 Å². The Balaban J connectivity index is 2.58. The lowest BCUT2D eigenvalue weighted by Gasteiger charge is -2.15. The van der Waals surface area contributed by atoms with Crippen LogP contribution in [0.15, 0.2) is 16.7 Å². The van der Waals surface area contributed by atoms with Crippen molar-refractivity contribution >= 4 is 11.9 Å². The van der Waals surface area contributed by atoms with Gasteiger partial charge < -0.3 is 13.9 Å². The second kappa shape index (κ2) is 13.4. The molecule has 0 N–H and O–H groups in total. The molecule has 0 aliphatic heterocycles. The molecule has 5 nitrogen and oxygen atoms in total.